The van der Waals surface area contributed by atoms with Crippen LogP contribution in [0.3, 0.4) is 0 Å². The lowest BCUT2D eigenvalue weighted by atomic mass is 10.1. The molecule has 2 aromatic carbocycles. The molecule has 1 aliphatic heterocycles. The molecule has 1 atom stereocenters. The Labute approximate surface area is 147 Å². The molecule has 25 heavy (non-hydrogen) atoms. The molecule has 1 fully saturated rings. The molecule has 132 valence electrons. The van der Waals surface area contributed by atoms with Crippen LogP contribution in [0.4, 0.5) is 4.79 Å². The Kier molecular flexibility index (Phi) is 5.90. The second kappa shape index (κ2) is 8.53. The average molecular weight is 341 g/mol. The van der Waals surface area contributed by atoms with Crippen molar-refractivity contribution in [2.24, 2.45) is 0 Å². The van der Waals surface area contributed by atoms with Crippen molar-refractivity contribution in [3.63, 3.8) is 0 Å². The number of aromatic hydroxyl groups is 1. The Morgan fingerprint density at radius 3 is 2.64 bits per heavy atom. The third-order valence-corrected chi connectivity index (χ3v) is 4.26. The normalized spacial score (nSPS) is 16.6. The number of rotatable bonds is 6. The quantitative estimate of drug-likeness (QED) is 0.870. The summed E-state index contributed by atoms with van der Waals surface area (Å²) < 4.78 is 11.1. The van der Waals surface area contributed by atoms with Crippen LogP contribution in [0.25, 0.3) is 0 Å². The van der Waals surface area contributed by atoms with E-state index in [-0.39, 0.29) is 18.5 Å². The monoisotopic (exact) mass is 341 g/mol. The zero-order valence-electron chi connectivity index (χ0n) is 14.1. The van der Waals surface area contributed by atoms with Gasteiger partial charge in [0, 0.05) is 12.2 Å². The molecule has 0 radical (unpaired) electrons. The van der Waals surface area contributed by atoms with Gasteiger partial charge in [0.15, 0.2) is 0 Å². The van der Waals surface area contributed by atoms with Crippen LogP contribution >= 0.6 is 0 Å². The highest BCUT2D eigenvalue weighted by molar-refractivity contribution is 5.68. The van der Waals surface area contributed by atoms with Gasteiger partial charge in [-0.05, 0) is 24.5 Å². The number of hydrogen-bond donors (Lipinski definition) is 1. The van der Waals surface area contributed by atoms with Gasteiger partial charge in [-0.15, -0.1) is 0 Å². The molecule has 0 aromatic heterocycles. The lowest BCUT2D eigenvalue weighted by Crippen LogP contribution is -2.37. The molecule has 0 aliphatic carbocycles. The summed E-state index contributed by atoms with van der Waals surface area (Å²) in [5.41, 5.74) is 1.63. The number of phenolic OH excluding ortho intramolecular Hbond substituents is 1. The molecule has 1 aliphatic rings. The zero-order chi connectivity index (χ0) is 17.5. The number of para-hydroxylation sites is 1. The number of phenols is 1. The van der Waals surface area contributed by atoms with Crippen LogP contribution in [-0.4, -0.2) is 35.4 Å². The maximum Gasteiger partial charge on any atom is 0.410 e. The summed E-state index contributed by atoms with van der Waals surface area (Å²) in [5.74, 6) is 0.177. The summed E-state index contributed by atoms with van der Waals surface area (Å²) >= 11 is 0. The minimum atomic E-state index is -0.400. The molecular formula is C20H23NO4. The number of carbonyl (C=O) groups is 1. The van der Waals surface area contributed by atoms with Crippen molar-refractivity contribution in [1.82, 2.24) is 4.90 Å². The number of benzene rings is 2. The van der Waals surface area contributed by atoms with E-state index in [0.29, 0.717) is 18.7 Å². The van der Waals surface area contributed by atoms with Crippen molar-refractivity contribution in [3.05, 3.63) is 65.7 Å². The SMILES string of the molecule is O=C(OCc1ccccc1)N(Cc1ccccc1O)CC1CCCO1. The van der Waals surface area contributed by atoms with Gasteiger partial charge in [-0.2, -0.15) is 0 Å². The van der Waals surface area contributed by atoms with Gasteiger partial charge in [0.1, 0.15) is 12.4 Å². The van der Waals surface area contributed by atoms with Gasteiger partial charge in [-0.25, -0.2) is 4.79 Å². The highest BCUT2D eigenvalue weighted by atomic mass is 16.6. The summed E-state index contributed by atoms with van der Waals surface area (Å²) in [4.78, 5) is 14.2. The lowest BCUT2D eigenvalue weighted by molar-refractivity contribution is 0.0505. The number of hydrogen-bond acceptors (Lipinski definition) is 4. The summed E-state index contributed by atoms with van der Waals surface area (Å²) in [6, 6.07) is 16.6. The fraction of sp³-hybridized carbons (Fsp3) is 0.350. The van der Waals surface area contributed by atoms with Crippen LogP contribution in [0, 0.1) is 0 Å². The van der Waals surface area contributed by atoms with Gasteiger partial charge < -0.3 is 19.5 Å². The van der Waals surface area contributed by atoms with Crippen molar-refractivity contribution in [2.45, 2.75) is 32.1 Å². The van der Waals surface area contributed by atoms with E-state index in [9.17, 15) is 9.90 Å². The van der Waals surface area contributed by atoms with Crippen molar-refractivity contribution in [1.29, 1.82) is 0 Å². The molecule has 5 nitrogen and oxygen atoms in total. The van der Waals surface area contributed by atoms with Gasteiger partial charge in [0.05, 0.1) is 19.2 Å². The predicted molar refractivity (Wildman–Crippen MR) is 94.1 cm³/mol. The highest BCUT2D eigenvalue weighted by Crippen LogP contribution is 2.21. The first-order valence-electron chi connectivity index (χ1n) is 8.56. The van der Waals surface area contributed by atoms with Crippen molar-refractivity contribution >= 4 is 6.09 Å². The molecule has 1 saturated heterocycles. The molecule has 0 bridgehead atoms. The van der Waals surface area contributed by atoms with Gasteiger partial charge in [0.2, 0.25) is 0 Å². The van der Waals surface area contributed by atoms with Crippen molar-refractivity contribution in [2.75, 3.05) is 13.2 Å². The van der Waals surface area contributed by atoms with E-state index >= 15 is 0 Å². The van der Waals surface area contributed by atoms with Gasteiger partial charge in [0.25, 0.3) is 0 Å². The minimum Gasteiger partial charge on any atom is -0.508 e. The molecule has 2 aromatic rings. The molecular weight excluding hydrogens is 318 g/mol. The van der Waals surface area contributed by atoms with Crippen LogP contribution in [-0.2, 0) is 22.6 Å². The van der Waals surface area contributed by atoms with Crippen LogP contribution in [0.5, 0.6) is 5.75 Å². The largest absolute Gasteiger partial charge is 0.508 e. The Bertz CT molecular complexity index is 683. The van der Waals surface area contributed by atoms with E-state index < -0.39 is 6.09 Å². The predicted octanol–water partition coefficient (Wildman–Crippen LogP) is 3.71. The van der Waals surface area contributed by atoms with Gasteiger partial charge in [-0.3, -0.25) is 0 Å². The molecule has 3 rings (SSSR count). The number of carbonyl (C=O) groups excluding carboxylic acids is 1. The summed E-state index contributed by atoms with van der Waals surface area (Å²) in [6.45, 7) is 1.71. The van der Waals surface area contributed by atoms with Crippen molar-refractivity contribution < 1.29 is 19.4 Å². The third-order valence-electron chi connectivity index (χ3n) is 4.26. The third kappa shape index (κ3) is 4.97. The van der Waals surface area contributed by atoms with Crippen molar-refractivity contribution in [3.8, 4) is 5.75 Å². The first-order chi connectivity index (χ1) is 12.2. The minimum absolute atomic E-state index is 0.0233. The van der Waals surface area contributed by atoms with Gasteiger partial charge >= 0.3 is 6.09 Å². The van der Waals surface area contributed by atoms with E-state index in [1.807, 2.05) is 42.5 Å². The van der Waals surface area contributed by atoms with E-state index in [1.54, 1.807) is 17.0 Å². The van der Waals surface area contributed by atoms with Crippen LogP contribution in [0.1, 0.15) is 24.0 Å². The maximum atomic E-state index is 12.6. The number of ether oxygens (including phenoxy) is 2. The summed E-state index contributed by atoms with van der Waals surface area (Å²) in [6.07, 6.45) is 1.56. The molecule has 5 heteroatoms. The van der Waals surface area contributed by atoms with E-state index in [4.69, 9.17) is 9.47 Å². The smallest absolute Gasteiger partial charge is 0.410 e. The van der Waals surface area contributed by atoms with E-state index in [0.717, 1.165) is 25.0 Å². The Morgan fingerprint density at radius 2 is 1.92 bits per heavy atom. The molecule has 1 N–H and O–H groups in total. The van der Waals surface area contributed by atoms with E-state index in [1.165, 1.54) is 0 Å². The van der Waals surface area contributed by atoms with Crippen LogP contribution in [0.2, 0.25) is 0 Å². The second-order valence-corrected chi connectivity index (χ2v) is 6.18. The fourth-order valence-electron chi connectivity index (χ4n) is 2.90. The first kappa shape index (κ1) is 17.3. The molecule has 1 unspecified atom stereocenters. The van der Waals surface area contributed by atoms with Crippen LogP contribution < -0.4 is 0 Å². The summed E-state index contributed by atoms with van der Waals surface area (Å²) in [7, 11) is 0. The first-order valence-corrected chi connectivity index (χ1v) is 8.56. The topological polar surface area (TPSA) is 59.0 Å². The maximum absolute atomic E-state index is 12.6. The van der Waals surface area contributed by atoms with Gasteiger partial charge in [-0.1, -0.05) is 48.5 Å². The Balaban J connectivity index is 1.66. The Morgan fingerprint density at radius 1 is 1.16 bits per heavy atom. The average Bonchev–Trinajstić information content (AvgIpc) is 3.15. The molecule has 1 heterocycles. The highest BCUT2D eigenvalue weighted by Gasteiger charge is 2.24. The summed E-state index contributed by atoms with van der Waals surface area (Å²) in [5, 5.41) is 10.00. The zero-order valence-corrected chi connectivity index (χ0v) is 14.1. The van der Waals surface area contributed by atoms with Crippen LogP contribution in [0.15, 0.2) is 54.6 Å². The number of amides is 1. The lowest BCUT2D eigenvalue weighted by Gasteiger charge is -2.25. The standard InChI is InChI=1S/C20H23NO4/c22-19-11-5-4-9-17(19)13-21(14-18-10-6-12-24-18)20(23)25-15-16-7-2-1-3-8-16/h1-5,7-9,11,18,22H,6,10,12-15H2. The molecule has 0 spiro atoms. The Hall–Kier alpha value is -2.53. The fourth-order valence-corrected chi connectivity index (χ4v) is 2.90. The number of nitrogens with zero attached hydrogens (tertiary/aromatic N) is 1. The molecule has 0 saturated carbocycles. The second-order valence-electron chi connectivity index (χ2n) is 6.18. The van der Waals surface area contributed by atoms with E-state index in [2.05, 4.69) is 0 Å². The molecule has 1 amide bonds.